The van der Waals surface area contributed by atoms with Crippen LogP contribution in [0.1, 0.15) is 49.4 Å². The Kier molecular flexibility index (Phi) is 4.86. The minimum absolute atomic E-state index is 0.0303. The number of carbonyl (C=O) groups is 1. The van der Waals surface area contributed by atoms with Crippen LogP contribution in [0.2, 0.25) is 0 Å². The fourth-order valence-electron chi connectivity index (χ4n) is 2.73. The summed E-state index contributed by atoms with van der Waals surface area (Å²) in [6, 6.07) is 5.56. The molecule has 1 aromatic carbocycles. The Hall–Kier alpha value is -1.03. The third kappa shape index (κ3) is 3.72. The lowest BCUT2D eigenvalue weighted by molar-refractivity contribution is 0.0919. The van der Waals surface area contributed by atoms with Crippen LogP contribution in [-0.4, -0.2) is 11.9 Å². The van der Waals surface area contributed by atoms with Crippen molar-refractivity contribution < 1.29 is 4.79 Å². The van der Waals surface area contributed by atoms with E-state index >= 15 is 0 Å². The lowest BCUT2D eigenvalue weighted by atomic mass is 9.84. The molecule has 0 radical (unpaired) electrons. The molecule has 0 saturated heterocycles. The number of nitrogens with one attached hydrogen (secondary N) is 1. The van der Waals surface area contributed by atoms with E-state index in [-0.39, 0.29) is 11.9 Å². The molecule has 3 nitrogen and oxygen atoms in total. The summed E-state index contributed by atoms with van der Waals surface area (Å²) in [4.78, 5) is 12.2. The van der Waals surface area contributed by atoms with E-state index < -0.39 is 0 Å². The molecule has 1 aromatic rings. The van der Waals surface area contributed by atoms with E-state index in [0.29, 0.717) is 17.2 Å². The van der Waals surface area contributed by atoms with E-state index in [4.69, 9.17) is 5.73 Å². The molecule has 0 aromatic heterocycles. The molecular formula is C15H21BrN2O. The van der Waals surface area contributed by atoms with Gasteiger partial charge in [-0.1, -0.05) is 19.3 Å². The molecule has 1 saturated carbocycles. The molecule has 1 amide bonds. The molecular weight excluding hydrogens is 304 g/mol. The Morgan fingerprint density at radius 3 is 2.68 bits per heavy atom. The van der Waals surface area contributed by atoms with E-state index in [1.807, 2.05) is 6.07 Å². The number of nitrogen functional groups attached to an aromatic ring is 1. The molecule has 19 heavy (non-hydrogen) atoms. The number of halogens is 1. The van der Waals surface area contributed by atoms with Crippen LogP contribution < -0.4 is 11.1 Å². The lowest BCUT2D eigenvalue weighted by Crippen LogP contribution is -2.38. The van der Waals surface area contributed by atoms with Gasteiger partial charge in [0.25, 0.3) is 5.91 Å². The zero-order valence-corrected chi connectivity index (χ0v) is 12.9. The summed E-state index contributed by atoms with van der Waals surface area (Å²) in [5.74, 6) is 0.586. The van der Waals surface area contributed by atoms with Crippen LogP contribution in [0.5, 0.6) is 0 Å². The van der Waals surface area contributed by atoms with Gasteiger partial charge in [-0.3, -0.25) is 4.79 Å². The molecule has 4 heteroatoms. The first-order valence-corrected chi connectivity index (χ1v) is 7.73. The Bertz CT molecular complexity index is 455. The number of nitrogens with two attached hydrogens (primary N) is 1. The minimum Gasteiger partial charge on any atom is -0.398 e. The summed E-state index contributed by atoms with van der Waals surface area (Å²) in [5.41, 5.74) is 7.03. The predicted molar refractivity (Wildman–Crippen MR) is 82.1 cm³/mol. The molecule has 1 aliphatic carbocycles. The van der Waals surface area contributed by atoms with Gasteiger partial charge in [0.05, 0.1) is 0 Å². The van der Waals surface area contributed by atoms with Crippen LogP contribution in [0.15, 0.2) is 22.7 Å². The molecule has 0 unspecified atom stereocenters. The Labute approximate surface area is 123 Å². The molecule has 1 atom stereocenters. The Balaban J connectivity index is 1.97. The zero-order chi connectivity index (χ0) is 13.8. The first-order chi connectivity index (χ1) is 9.08. The van der Waals surface area contributed by atoms with Crippen molar-refractivity contribution >= 4 is 27.5 Å². The zero-order valence-electron chi connectivity index (χ0n) is 11.3. The average molecular weight is 325 g/mol. The molecule has 1 fully saturated rings. The topological polar surface area (TPSA) is 55.1 Å². The van der Waals surface area contributed by atoms with Crippen molar-refractivity contribution in [2.75, 3.05) is 5.73 Å². The third-order valence-electron chi connectivity index (χ3n) is 3.97. The van der Waals surface area contributed by atoms with Crippen LogP contribution in [0.3, 0.4) is 0 Å². The summed E-state index contributed by atoms with van der Waals surface area (Å²) >= 11 is 3.34. The monoisotopic (exact) mass is 324 g/mol. The van der Waals surface area contributed by atoms with Gasteiger partial charge in [-0.05, 0) is 59.8 Å². The fraction of sp³-hybridized carbons (Fsp3) is 0.533. The van der Waals surface area contributed by atoms with E-state index in [1.54, 1.807) is 12.1 Å². The van der Waals surface area contributed by atoms with Crippen molar-refractivity contribution in [2.45, 2.75) is 45.1 Å². The molecule has 3 N–H and O–H groups in total. The predicted octanol–water partition coefficient (Wildman–Crippen LogP) is 3.73. The van der Waals surface area contributed by atoms with Gasteiger partial charge in [-0.15, -0.1) is 0 Å². The summed E-state index contributed by atoms with van der Waals surface area (Å²) < 4.78 is 0.823. The molecule has 0 bridgehead atoms. The second kappa shape index (κ2) is 6.42. The highest BCUT2D eigenvalue weighted by Gasteiger charge is 2.21. The highest BCUT2D eigenvalue weighted by atomic mass is 79.9. The van der Waals surface area contributed by atoms with E-state index in [2.05, 4.69) is 28.2 Å². The third-order valence-corrected chi connectivity index (χ3v) is 4.70. The molecule has 2 rings (SSSR count). The van der Waals surface area contributed by atoms with Crippen molar-refractivity contribution in [1.82, 2.24) is 5.32 Å². The minimum atomic E-state index is -0.0303. The van der Waals surface area contributed by atoms with Crippen LogP contribution in [-0.2, 0) is 0 Å². The summed E-state index contributed by atoms with van der Waals surface area (Å²) in [5, 5.41) is 3.10. The van der Waals surface area contributed by atoms with Crippen LogP contribution in [0.25, 0.3) is 0 Å². The maximum Gasteiger partial charge on any atom is 0.251 e. The van der Waals surface area contributed by atoms with Crippen molar-refractivity contribution in [3.63, 3.8) is 0 Å². The second-order valence-corrected chi connectivity index (χ2v) is 6.25. The normalized spacial score (nSPS) is 18.0. The second-order valence-electron chi connectivity index (χ2n) is 5.40. The van der Waals surface area contributed by atoms with Gasteiger partial charge in [0.15, 0.2) is 0 Å². The van der Waals surface area contributed by atoms with Crippen molar-refractivity contribution in [2.24, 2.45) is 5.92 Å². The first kappa shape index (κ1) is 14.4. The summed E-state index contributed by atoms with van der Waals surface area (Å²) in [6.07, 6.45) is 6.36. The quantitative estimate of drug-likeness (QED) is 0.832. The molecule has 0 spiro atoms. The lowest BCUT2D eigenvalue weighted by Gasteiger charge is -2.28. The first-order valence-electron chi connectivity index (χ1n) is 6.94. The fourth-order valence-corrected chi connectivity index (χ4v) is 2.97. The van der Waals surface area contributed by atoms with Gasteiger partial charge < -0.3 is 11.1 Å². The van der Waals surface area contributed by atoms with E-state index in [1.165, 1.54) is 32.1 Å². The Morgan fingerprint density at radius 2 is 2.05 bits per heavy atom. The largest absolute Gasteiger partial charge is 0.398 e. The van der Waals surface area contributed by atoms with E-state index in [0.717, 1.165) is 4.47 Å². The number of amides is 1. The number of benzene rings is 1. The number of rotatable bonds is 3. The van der Waals surface area contributed by atoms with Gasteiger partial charge in [-0.2, -0.15) is 0 Å². The van der Waals surface area contributed by atoms with Crippen molar-refractivity contribution in [3.05, 3.63) is 28.2 Å². The van der Waals surface area contributed by atoms with E-state index in [9.17, 15) is 4.79 Å². The highest BCUT2D eigenvalue weighted by Crippen LogP contribution is 2.26. The van der Waals surface area contributed by atoms with Gasteiger partial charge in [0, 0.05) is 21.8 Å². The Morgan fingerprint density at radius 1 is 1.37 bits per heavy atom. The van der Waals surface area contributed by atoms with Crippen LogP contribution in [0.4, 0.5) is 5.69 Å². The van der Waals surface area contributed by atoms with Gasteiger partial charge in [0.1, 0.15) is 0 Å². The maximum absolute atomic E-state index is 12.2. The van der Waals surface area contributed by atoms with Gasteiger partial charge in [0.2, 0.25) is 0 Å². The van der Waals surface area contributed by atoms with Gasteiger partial charge in [-0.25, -0.2) is 0 Å². The number of carbonyl (C=O) groups excluding carboxylic acids is 1. The maximum atomic E-state index is 12.2. The highest BCUT2D eigenvalue weighted by molar-refractivity contribution is 9.10. The number of anilines is 1. The van der Waals surface area contributed by atoms with Crippen LogP contribution >= 0.6 is 15.9 Å². The molecule has 0 heterocycles. The summed E-state index contributed by atoms with van der Waals surface area (Å²) in [6.45, 7) is 2.11. The molecule has 0 aliphatic heterocycles. The average Bonchev–Trinajstić information content (AvgIpc) is 2.42. The summed E-state index contributed by atoms with van der Waals surface area (Å²) in [7, 11) is 0. The van der Waals surface area contributed by atoms with Gasteiger partial charge >= 0.3 is 0 Å². The van der Waals surface area contributed by atoms with Crippen molar-refractivity contribution in [3.8, 4) is 0 Å². The SMILES string of the molecule is C[C@@H](NC(=O)c1ccc(Br)c(N)c1)C1CCCCC1. The molecule has 1 aliphatic rings. The van der Waals surface area contributed by atoms with Crippen LogP contribution in [0, 0.1) is 5.92 Å². The molecule has 104 valence electrons. The smallest absolute Gasteiger partial charge is 0.251 e. The number of hydrogen-bond donors (Lipinski definition) is 2. The van der Waals surface area contributed by atoms with Crippen molar-refractivity contribution in [1.29, 1.82) is 0 Å². The number of hydrogen-bond acceptors (Lipinski definition) is 2. The standard InChI is InChI=1S/C15H21BrN2O/c1-10(11-5-3-2-4-6-11)18-15(19)12-7-8-13(16)14(17)9-12/h7-11H,2-6,17H2,1H3,(H,18,19)/t10-/m1/s1.